The number of carbonyl (C=O) groups is 1. The Morgan fingerprint density at radius 3 is 2.50 bits per heavy atom. The van der Waals surface area contributed by atoms with Gasteiger partial charge in [0.05, 0.1) is 0 Å². The first-order chi connectivity index (χ1) is 8.50. The molecule has 1 aliphatic rings. The zero-order valence-electron chi connectivity index (χ0n) is 11.6. The molecule has 2 rings (SSSR count). The SMILES string of the molecule is CC1=C(C(=O)Cc2ccccc2)C(C)(C)CCC1. The number of benzene rings is 1. The third-order valence-corrected chi connectivity index (χ3v) is 3.94. The normalized spacial score (nSPS) is 18.8. The molecule has 0 heterocycles. The van der Waals surface area contributed by atoms with E-state index in [1.165, 1.54) is 12.0 Å². The summed E-state index contributed by atoms with van der Waals surface area (Å²) >= 11 is 0. The molecule has 1 aromatic rings. The zero-order valence-corrected chi connectivity index (χ0v) is 11.6. The van der Waals surface area contributed by atoms with Crippen LogP contribution in [0.3, 0.4) is 0 Å². The molecule has 1 heteroatoms. The quantitative estimate of drug-likeness (QED) is 0.771. The van der Waals surface area contributed by atoms with Gasteiger partial charge in [0.2, 0.25) is 0 Å². The lowest BCUT2D eigenvalue weighted by atomic mass is 9.70. The summed E-state index contributed by atoms with van der Waals surface area (Å²) in [6.45, 7) is 6.53. The lowest BCUT2D eigenvalue weighted by Gasteiger charge is -2.33. The topological polar surface area (TPSA) is 17.1 Å². The van der Waals surface area contributed by atoms with E-state index in [1.54, 1.807) is 0 Å². The van der Waals surface area contributed by atoms with Crippen LogP contribution in [0.15, 0.2) is 41.5 Å². The van der Waals surface area contributed by atoms with Crippen molar-refractivity contribution in [2.45, 2.75) is 46.5 Å². The van der Waals surface area contributed by atoms with Gasteiger partial charge in [0.25, 0.3) is 0 Å². The molecule has 0 unspecified atom stereocenters. The van der Waals surface area contributed by atoms with Gasteiger partial charge >= 0.3 is 0 Å². The maximum Gasteiger partial charge on any atom is 0.163 e. The van der Waals surface area contributed by atoms with E-state index in [1.807, 2.05) is 30.3 Å². The van der Waals surface area contributed by atoms with Crippen LogP contribution in [0.25, 0.3) is 0 Å². The molecule has 0 bridgehead atoms. The second kappa shape index (κ2) is 5.09. The third-order valence-electron chi connectivity index (χ3n) is 3.94. The third kappa shape index (κ3) is 2.72. The van der Waals surface area contributed by atoms with Crippen LogP contribution in [0.4, 0.5) is 0 Å². The number of hydrogen-bond donors (Lipinski definition) is 0. The van der Waals surface area contributed by atoms with Gasteiger partial charge in [0.1, 0.15) is 0 Å². The maximum atomic E-state index is 12.5. The van der Waals surface area contributed by atoms with Gasteiger partial charge in [-0.3, -0.25) is 4.79 Å². The number of Topliss-reactive ketones (excluding diaryl/α,β-unsaturated/α-hetero) is 1. The largest absolute Gasteiger partial charge is 0.294 e. The predicted octanol–water partition coefficient (Wildman–Crippen LogP) is 4.32. The second-order valence-corrected chi connectivity index (χ2v) is 5.98. The first-order valence-electron chi connectivity index (χ1n) is 6.78. The van der Waals surface area contributed by atoms with Crippen molar-refractivity contribution in [3.63, 3.8) is 0 Å². The van der Waals surface area contributed by atoms with Crippen LogP contribution >= 0.6 is 0 Å². The summed E-state index contributed by atoms with van der Waals surface area (Å²) in [4.78, 5) is 12.5. The molecule has 0 atom stereocenters. The molecular weight excluding hydrogens is 220 g/mol. The Kier molecular flexibility index (Phi) is 3.70. The van der Waals surface area contributed by atoms with E-state index in [0.717, 1.165) is 24.0 Å². The highest BCUT2D eigenvalue weighted by atomic mass is 16.1. The van der Waals surface area contributed by atoms with Gasteiger partial charge in [-0.2, -0.15) is 0 Å². The lowest BCUT2D eigenvalue weighted by Crippen LogP contribution is -2.27. The Morgan fingerprint density at radius 1 is 1.22 bits per heavy atom. The second-order valence-electron chi connectivity index (χ2n) is 5.98. The van der Waals surface area contributed by atoms with Crippen LogP contribution in [-0.2, 0) is 11.2 Å². The summed E-state index contributed by atoms with van der Waals surface area (Å²) in [5.74, 6) is 0.309. The summed E-state index contributed by atoms with van der Waals surface area (Å²) < 4.78 is 0. The molecule has 96 valence electrons. The van der Waals surface area contributed by atoms with Crippen molar-refractivity contribution in [2.75, 3.05) is 0 Å². The van der Waals surface area contributed by atoms with Crippen LogP contribution in [-0.4, -0.2) is 5.78 Å². The highest BCUT2D eigenvalue weighted by Gasteiger charge is 2.32. The monoisotopic (exact) mass is 242 g/mol. The fourth-order valence-electron chi connectivity index (χ4n) is 3.11. The number of hydrogen-bond acceptors (Lipinski definition) is 1. The van der Waals surface area contributed by atoms with Crippen molar-refractivity contribution < 1.29 is 4.79 Å². The molecule has 0 radical (unpaired) electrons. The molecule has 0 N–H and O–H groups in total. The Morgan fingerprint density at radius 2 is 1.89 bits per heavy atom. The van der Waals surface area contributed by atoms with E-state index in [9.17, 15) is 4.79 Å². The standard InChI is InChI=1S/C17H22O/c1-13-8-7-11-17(2,3)16(13)15(18)12-14-9-5-4-6-10-14/h4-6,9-10H,7-8,11-12H2,1-3H3. The number of ketones is 1. The van der Waals surface area contributed by atoms with Gasteiger partial charge in [-0.1, -0.05) is 49.8 Å². The van der Waals surface area contributed by atoms with Gasteiger partial charge in [0.15, 0.2) is 5.78 Å². The fourth-order valence-corrected chi connectivity index (χ4v) is 3.11. The van der Waals surface area contributed by atoms with Crippen LogP contribution < -0.4 is 0 Å². The molecule has 1 aliphatic carbocycles. The van der Waals surface area contributed by atoms with Crippen molar-refractivity contribution in [3.05, 3.63) is 47.0 Å². The summed E-state index contributed by atoms with van der Waals surface area (Å²) in [7, 11) is 0. The van der Waals surface area contributed by atoms with E-state index in [-0.39, 0.29) is 5.41 Å². The van der Waals surface area contributed by atoms with Gasteiger partial charge < -0.3 is 0 Å². The van der Waals surface area contributed by atoms with Crippen molar-refractivity contribution in [1.82, 2.24) is 0 Å². The highest BCUT2D eigenvalue weighted by Crippen LogP contribution is 2.40. The summed E-state index contributed by atoms with van der Waals surface area (Å²) in [5.41, 5.74) is 3.54. The van der Waals surface area contributed by atoms with Crippen LogP contribution in [0, 0.1) is 5.41 Å². The minimum Gasteiger partial charge on any atom is -0.294 e. The first kappa shape index (κ1) is 13.1. The van der Waals surface area contributed by atoms with Crippen LogP contribution in [0.2, 0.25) is 0 Å². The highest BCUT2D eigenvalue weighted by molar-refractivity contribution is 5.98. The molecular formula is C17H22O. The Hall–Kier alpha value is -1.37. The molecule has 0 aliphatic heterocycles. The van der Waals surface area contributed by atoms with Crippen molar-refractivity contribution in [3.8, 4) is 0 Å². The van der Waals surface area contributed by atoms with Gasteiger partial charge in [-0.15, -0.1) is 0 Å². The fraction of sp³-hybridized carbons (Fsp3) is 0.471. The molecule has 0 spiro atoms. The summed E-state index contributed by atoms with van der Waals surface area (Å²) in [5, 5.41) is 0. The van der Waals surface area contributed by atoms with E-state index in [4.69, 9.17) is 0 Å². The smallest absolute Gasteiger partial charge is 0.163 e. The minimum atomic E-state index is 0.0498. The summed E-state index contributed by atoms with van der Waals surface area (Å²) in [6.07, 6.45) is 3.96. The van der Waals surface area contributed by atoms with E-state index < -0.39 is 0 Å². The minimum absolute atomic E-state index is 0.0498. The average Bonchev–Trinajstić information content (AvgIpc) is 2.28. The van der Waals surface area contributed by atoms with E-state index >= 15 is 0 Å². The van der Waals surface area contributed by atoms with Crippen LogP contribution in [0.5, 0.6) is 0 Å². The molecule has 18 heavy (non-hydrogen) atoms. The number of allylic oxidation sites excluding steroid dienone is 2. The van der Waals surface area contributed by atoms with Gasteiger partial charge in [-0.05, 0) is 37.2 Å². The van der Waals surface area contributed by atoms with Crippen molar-refractivity contribution >= 4 is 5.78 Å². The molecule has 0 saturated carbocycles. The van der Waals surface area contributed by atoms with E-state index in [2.05, 4.69) is 20.8 Å². The molecule has 1 nitrogen and oxygen atoms in total. The van der Waals surface area contributed by atoms with Gasteiger partial charge in [-0.25, -0.2) is 0 Å². The summed E-state index contributed by atoms with van der Waals surface area (Å²) in [6, 6.07) is 10.0. The Balaban J connectivity index is 2.23. The predicted molar refractivity (Wildman–Crippen MR) is 75.5 cm³/mol. The van der Waals surface area contributed by atoms with Crippen molar-refractivity contribution in [1.29, 1.82) is 0 Å². The van der Waals surface area contributed by atoms with E-state index in [0.29, 0.717) is 12.2 Å². The molecule has 0 aromatic heterocycles. The molecule has 1 aromatic carbocycles. The van der Waals surface area contributed by atoms with Gasteiger partial charge in [0, 0.05) is 12.0 Å². The Labute approximate surface area is 110 Å². The molecule has 0 amide bonds. The number of carbonyl (C=O) groups excluding carboxylic acids is 1. The average molecular weight is 242 g/mol. The molecule has 0 saturated heterocycles. The maximum absolute atomic E-state index is 12.5. The lowest BCUT2D eigenvalue weighted by molar-refractivity contribution is -0.116. The van der Waals surface area contributed by atoms with Crippen molar-refractivity contribution in [2.24, 2.45) is 5.41 Å². The van der Waals surface area contributed by atoms with Crippen LogP contribution in [0.1, 0.15) is 45.6 Å². The Bertz CT molecular complexity index is 466. The molecule has 0 fully saturated rings. The zero-order chi connectivity index (χ0) is 13.2. The number of rotatable bonds is 3. The first-order valence-corrected chi connectivity index (χ1v) is 6.78.